The number of nitrogens with zero attached hydrogens (tertiary/aromatic N) is 6. The van der Waals surface area contributed by atoms with Crippen LogP contribution in [0.5, 0.6) is 0 Å². The second-order valence-electron chi connectivity index (χ2n) is 29.2. The van der Waals surface area contributed by atoms with Gasteiger partial charge < -0.3 is 0 Å². The van der Waals surface area contributed by atoms with Crippen LogP contribution >= 0.6 is 0 Å². The molecule has 0 saturated carbocycles. The zero-order valence-electron chi connectivity index (χ0n) is 70.5. The highest BCUT2D eigenvalue weighted by molar-refractivity contribution is 5.68. The van der Waals surface area contributed by atoms with Gasteiger partial charge in [-0.05, 0) is 227 Å². The third kappa shape index (κ3) is 19.8. The van der Waals surface area contributed by atoms with Crippen molar-refractivity contribution < 1.29 is 31.5 Å². The number of hydrogen-bond acceptors (Lipinski definition) is 0. The average molecular weight is 1360 g/mol. The molecule has 0 bridgehead atoms. The van der Waals surface area contributed by atoms with E-state index in [2.05, 4.69) is 379 Å². The molecule has 0 aliphatic heterocycles. The minimum atomic E-state index is -2.05. The molecule has 0 saturated heterocycles. The highest BCUT2D eigenvalue weighted by atomic mass is 15.0. The van der Waals surface area contributed by atoms with Gasteiger partial charge in [0.2, 0.25) is 34.2 Å². The molecule has 0 spiro atoms. The van der Waals surface area contributed by atoms with E-state index < -0.39 is 6.85 Å². The maximum absolute atomic E-state index is 7.48. The Morgan fingerprint density at radius 2 is 0.412 bits per heavy atom. The molecule has 528 valence electrons. The lowest BCUT2D eigenvalue weighted by Crippen LogP contribution is -2.35. The van der Waals surface area contributed by atoms with Crippen LogP contribution in [0.2, 0.25) is 0 Å². The van der Waals surface area contributed by atoms with Gasteiger partial charge in [0.05, 0.1) is 11.1 Å². The highest BCUT2D eigenvalue weighted by Crippen LogP contribution is 2.30. The van der Waals surface area contributed by atoms with Crippen LogP contribution in [-0.4, -0.2) is 0 Å². The molecular formula is C96H120N6+6. The van der Waals surface area contributed by atoms with Crippen molar-refractivity contribution >= 4 is 0 Å². The summed E-state index contributed by atoms with van der Waals surface area (Å²) in [7, 11) is 12.7. The summed E-state index contributed by atoms with van der Waals surface area (Å²) in [6.45, 7) is 47.3. The monoisotopic (exact) mass is 1360 g/mol. The molecule has 6 aromatic heterocycles. The van der Waals surface area contributed by atoms with Gasteiger partial charge in [0.25, 0.3) is 0 Å². The van der Waals surface area contributed by atoms with Gasteiger partial charge >= 0.3 is 0 Å². The Kier molecular flexibility index (Phi) is 25.5. The van der Waals surface area contributed by atoms with Gasteiger partial charge in [0.15, 0.2) is 34.2 Å². The molecule has 102 heavy (non-hydrogen) atoms. The molecule has 12 rings (SSSR count). The molecular weight excluding hydrogens is 1240 g/mol. The van der Waals surface area contributed by atoms with E-state index in [1.165, 1.54) is 179 Å². The van der Waals surface area contributed by atoms with Crippen molar-refractivity contribution in [2.75, 3.05) is 0 Å². The molecule has 0 amide bonds. The Morgan fingerprint density at radius 3 is 0.686 bits per heavy atom. The first-order valence-corrected chi connectivity index (χ1v) is 36.0. The summed E-state index contributed by atoms with van der Waals surface area (Å²) < 4.78 is 35.9. The summed E-state index contributed by atoms with van der Waals surface area (Å²) in [5.41, 5.74) is 45.5. The Morgan fingerprint density at radius 1 is 0.186 bits per heavy atom. The van der Waals surface area contributed by atoms with Crippen LogP contribution in [-0.2, 0) is 42.3 Å². The normalized spacial score (nSPS) is 11.2. The molecule has 0 radical (unpaired) electrons. The minimum absolute atomic E-state index is 0.394. The first-order valence-electron chi connectivity index (χ1n) is 37.5. The lowest BCUT2D eigenvalue weighted by molar-refractivity contribution is -0.666. The van der Waals surface area contributed by atoms with E-state index in [1.54, 1.807) is 12.1 Å². The lowest BCUT2D eigenvalue weighted by atomic mass is 9.98. The molecule has 0 fully saturated rings. The van der Waals surface area contributed by atoms with Crippen molar-refractivity contribution in [3.05, 3.63) is 316 Å². The molecule has 6 nitrogen and oxygen atoms in total. The van der Waals surface area contributed by atoms with Crippen LogP contribution in [0.4, 0.5) is 0 Å². The van der Waals surface area contributed by atoms with Gasteiger partial charge in [-0.2, -0.15) is 27.4 Å². The van der Waals surface area contributed by atoms with E-state index >= 15 is 0 Å². The van der Waals surface area contributed by atoms with E-state index in [4.69, 9.17) is 4.11 Å². The van der Waals surface area contributed by atoms with Gasteiger partial charge in [-0.25, -0.2) is 0 Å². The summed E-state index contributed by atoms with van der Waals surface area (Å²) in [6.07, 6.45) is 0. The third-order valence-electron chi connectivity index (χ3n) is 20.1. The Labute approximate surface area is 620 Å². The molecule has 12 aromatic rings. The molecule has 0 atom stereocenters. The van der Waals surface area contributed by atoms with Crippen LogP contribution < -0.4 is 27.4 Å². The van der Waals surface area contributed by atoms with E-state index in [1.807, 2.05) is 20.0 Å². The number of aromatic nitrogens is 6. The van der Waals surface area contributed by atoms with Crippen molar-refractivity contribution in [2.24, 2.45) is 42.3 Å². The predicted molar refractivity (Wildman–Crippen MR) is 432 cm³/mol. The SMILES string of the molecule is Cc1cc(C)[n+](C)c(-c2c(C)cccc2C)c1.Cc1cc(C)[n+](C)c(-c2c(C)cccc2C)c1.Cc1ccc(-c2cc(C)cc(C)[n+]2C)c(C)c1.Cc1ccc(C)c(-c2cc(C)cc(C)[n+]2C)c1.Cc1ccc(C)c(-c2cc(C)cc(C)[n+]2C)c1.[2H]C([2H])([2H])c1ccc(-c2cc(C)cc(C)[n+]2C)c(C)c1. The fourth-order valence-electron chi connectivity index (χ4n) is 13.8. The minimum Gasteiger partial charge on any atom is -0.199 e. The molecule has 0 N–H and O–H groups in total. The summed E-state index contributed by atoms with van der Waals surface area (Å²) >= 11 is 0. The van der Waals surface area contributed by atoms with Gasteiger partial charge in [-0.3, -0.25) is 0 Å². The smallest absolute Gasteiger partial charge is 0.199 e. The number of hydrogen-bond donors (Lipinski definition) is 0. The standard InChI is InChI=1S/6C16H20N/c2*1-11-6-7-13(3)15(9-11)16-10-12(2)8-14(4)17(16)5;2*1-11-6-7-15(13(3)8-11)16-10-12(2)9-14(4)17(16)5;2*1-11-9-14(4)17(5)15(10-11)16-12(2)7-6-8-13(16)3/h6*6-10H,1-5H3/q6*+1/i;;1D3;;;. The molecule has 0 unspecified atom stereocenters. The van der Waals surface area contributed by atoms with E-state index in [-0.39, 0.29) is 0 Å². The van der Waals surface area contributed by atoms with Crippen molar-refractivity contribution in [2.45, 2.75) is 166 Å². The fraction of sp³-hybridized carbons (Fsp3) is 0.312. The topological polar surface area (TPSA) is 23.3 Å². The Hall–Kier alpha value is -9.78. The van der Waals surface area contributed by atoms with Crippen LogP contribution in [0.3, 0.4) is 0 Å². The average Bonchev–Trinajstić information content (AvgIpc) is 0.813. The predicted octanol–water partition coefficient (Wildman–Crippen LogP) is 20.5. The van der Waals surface area contributed by atoms with Gasteiger partial charge in [0, 0.05) is 141 Å². The van der Waals surface area contributed by atoms with E-state index in [9.17, 15) is 0 Å². The maximum atomic E-state index is 7.48. The second-order valence-corrected chi connectivity index (χ2v) is 29.2. The second kappa shape index (κ2) is 34.7. The third-order valence-corrected chi connectivity index (χ3v) is 20.1. The van der Waals surface area contributed by atoms with Crippen molar-refractivity contribution in [1.29, 1.82) is 0 Å². The van der Waals surface area contributed by atoms with Crippen LogP contribution in [0.15, 0.2) is 182 Å². The van der Waals surface area contributed by atoms with Gasteiger partial charge in [-0.1, -0.05) is 107 Å². The Bertz CT molecular complexity index is 4910. The van der Waals surface area contributed by atoms with E-state index in [0.29, 0.717) is 5.56 Å². The Balaban J connectivity index is 0.000000176. The van der Waals surface area contributed by atoms with Gasteiger partial charge in [0.1, 0.15) is 42.3 Å². The molecule has 0 aliphatic carbocycles. The molecule has 0 aliphatic rings. The molecule has 6 aromatic carbocycles. The molecule has 6 heteroatoms. The van der Waals surface area contributed by atoms with Crippen molar-refractivity contribution in [3.63, 3.8) is 0 Å². The first-order chi connectivity index (χ1) is 49.2. The number of rotatable bonds is 6. The number of pyridine rings is 6. The van der Waals surface area contributed by atoms with Crippen LogP contribution in [0.25, 0.3) is 67.5 Å². The molecule has 6 heterocycles. The zero-order valence-corrected chi connectivity index (χ0v) is 67.5. The number of benzene rings is 6. The van der Waals surface area contributed by atoms with Gasteiger partial charge in [-0.15, -0.1) is 0 Å². The quantitative estimate of drug-likeness (QED) is 0.148. The summed E-state index contributed by atoms with van der Waals surface area (Å²) in [6, 6.07) is 64.9. The fourth-order valence-corrected chi connectivity index (χ4v) is 13.8. The summed E-state index contributed by atoms with van der Waals surface area (Å²) in [4.78, 5) is 0. The van der Waals surface area contributed by atoms with Crippen LogP contribution in [0, 0.1) is 166 Å². The highest BCUT2D eigenvalue weighted by Gasteiger charge is 2.22. The lowest BCUT2D eigenvalue weighted by Gasteiger charge is -2.10. The summed E-state index contributed by atoms with van der Waals surface area (Å²) in [5, 5.41) is 0. The number of aryl methyl sites for hydroxylation is 24. The van der Waals surface area contributed by atoms with E-state index in [0.717, 1.165) is 16.8 Å². The summed E-state index contributed by atoms with van der Waals surface area (Å²) in [5.74, 6) is 0. The van der Waals surface area contributed by atoms with Crippen molar-refractivity contribution in [1.82, 2.24) is 0 Å². The maximum Gasteiger partial charge on any atom is 0.213 e. The first kappa shape index (κ1) is 74.9. The largest absolute Gasteiger partial charge is 0.213 e. The van der Waals surface area contributed by atoms with Crippen LogP contribution in [0.1, 0.15) is 138 Å². The van der Waals surface area contributed by atoms with Crippen molar-refractivity contribution in [3.8, 4) is 67.5 Å². The zero-order chi connectivity index (χ0) is 78.0.